The van der Waals surface area contributed by atoms with Crippen LogP contribution < -0.4 is 0 Å². The van der Waals surface area contributed by atoms with Crippen LogP contribution in [-0.2, 0) is 11.2 Å². The predicted octanol–water partition coefficient (Wildman–Crippen LogP) is 2.41. The molecule has 3 heterocycles. The number of morpholine rings is 1. The van der Waals surface area contributed by atoms with Crippen molar-refractivity contribution in [2.45, 2.75) is 18.9 Å². The van der Waals surface area contributed by atoms with E-state index >= 15 is 0 Å². The lowest BCUT2D eigenvalue weighted by Gasteiger charge is -2.36. The first-order valence-corrected chi connectivity index (χ1v) is 9.22. The average molecular weight is 334 g/mol. The molecule has 1 aliphatic heterocycles. The number of hydrogen-bond donors (Lipinski definition) is 1. The summed E-state index contributed by atoms with van der Waals surface area (Å²) >= 11 is 1.87. The van der Waals surface area contributed by atoms with Crippen LogP contribution >= 0.6 is 11.3 Å². The highest BCUT2D eigenvalue weighted by Gasteiger charge is 2.24. The first-order valence-electron chi connectivity index (χ1n) is 8.34. The summed E-state index contributed by atoms with van der Waals surface area (Å²) in [5.41, 5.74) is 1.29. The Hall–Kier alpha value is -1.21. The van der Waals surface area contributed by atoms with E-state index < -0.39 is 0 Å². The van der Waals surface area contributed by atoms with Crippen LogP contribution in [0.2, 0.25) is 0 Å². The zero-order valence-corrected chi connectivity index (χ0v) is 14.6. The van der Waals surface area contributed by atoms with Crippen molar-refractivity contribution in [1.82, 2.24) is 20.0 Å². The summed E-state index contributed by atoms with van der Waals surface area (Å²) in [4.78, 5) is 6.50. The van der Waals surface area contributed by atoms with E-state index in [2.05, 4.69) is 44.6 Å². The Bertz CT molecular complexity index is 537. The Morgan fingerprint density at radius 2 is 2.30 bits per heavy atom. The van der Waals surface area contributed by atoms with Gasteiger partial charge in [0.15, 0.2) is 0 Å². The van der Waals surface area contributed by atoms with Gasteiger partial charge in [0.1, 0.15) is 0 Å². The summed E-state index contributed by atoms with van der Waals surface area (Å²) in [6.45, 7) is 5.96. The zero-order valence-electron chi connectivity index (χ0n) is 13.8. The van der Waals surface area contributed by atoms with Crippen molar-refractivity contribution < 1.29 is 4.74 Å². The SMILES string of the molecule is CN(CCCc1cn[nH]c1)CC(c1cccs1)N1CCOCC1. The van der Waals surface area contributed by atoms with E-state index in [0.717, 1.165) is 52.2 Å². The third-order valence-corrected chi connectivity index (χ3v) is 5.38. The number of likely N-dealkylation sites (N-methyl/N-ethyl adjacent to an activating group) is 1. The molecule has 1 unspecified atom stereocenters. The van der Waals surface area contributed by atoms with Crippen LogP contribution in [0, 0.1) is 0 Å². The molecule has 1 aliphatic rings. The molecule has 2 aromatic rings. The number of rotatable bonds is 8. The minimum Gasteiger partial charge on any atom is -0.379 e. The van der Waals surface area contributed by atoms with E-state index in [1.165, 1.54) is 10.4 Å². The summed E-state index contributed by atoms with van der Waals surface area (Å²) < 4.78 is 5.52. The first-order chi connectivity index (χ1) is 11.3. The number of H-pyrrole nitrogens is 1. The van der Waals surface area contributed by atoms with Crippen molar-refractivity contribution in [2.75, 3.05) is 46.4 Å². The quantitative estimate of drug-likeness (QED) is 0.805. The van der Waals surface area contributed by atoms with Gasteiger partial charge in [0.2, 0.25) is 0 Å². The highest BCUT2D eigenvalue weighted by molar-refractivity contribution is 7.10. The molecule has 0 bridgehead atoms. The van der Waals surface area contributed by atoms with Gasteiger partial charge in [-0.3, -0.25) is 10.00 Å². The minimum absolute atomic E-state index is 0.484. The molecule has 1 atom stereocenters. The number of nitrogens with one attached hydrogen (secondary N) is 1. The molecule has 2 aromatic heterocycles. The van der Waals surface area contributed by atoms with Crippen molar-refractivity contribution in [3.63, 3.8) is 0 Å². The van der Waals surface area contributed by atoms with Gasteiger partial charge in [0.05, 0.1) is 25.5 Å². The number of thiophene rings is 1. The van der Waals surface area contributed by atoms with Crippen LogP contribution in [0.25, 0.3) is 0 Å². The van der Waals surface area contributed by atoms with Crippen LogP contribution in [0.1, 0.15) is 22.9 Å². The fourth-order valence-electron chi connectivity index (χ4n) is 3.11. The molecule has 1 N–H and O–H groups in total. The van der Waals surface area contributed by atoms with Gasteiger partial charge in [0, 0.05) is 30.7 Å². The Morgan fingerprint density at radius 1 is 1.43 bits per heavy atom. The Morgan fingerprint density at radius 3 is 3.00 bits per heavy atom. The van der Waals surface area contributed by atoms with E-state index in [-0.39, 0.29) is 0 Å². The van der Waals surface area contributed by atoms with Crippen molar-refractivity contribution in [1.29, 1.82) is 0 Å². The molecule has 0 aromatic carbocycles. The van der Waals surface area contributed by atoms with Crippen molar-refractivity contribution in [3.05, 3.63) is 40.3 Å². The average Bonchev–Trinajstić information content (AvgIpc) is 3.27. The van der Waals surface area contributed by atoms with Gasteiger partial charge in [-0.15, -0.1) is 11.3 Å². The molecule has 0 amide bonds. The summed E-state index contributed by atoms with van der Waals surface area (Å²) in [6, 6.07) is 4.91. The van der Waals surface area contributed by atoms with Gasteiger partial charge >= 0.3 is 0 Å². The Balaban J connectivity index is 1.52. The van der Waals surface area contributed by atoms with Gasteiger partial charge in [0.25, 0.3) is 0 Å². The zero-order chi connectivity index (χ0) is 15.9. The molecule has 0 radical (unpaired) electrons. The number of nitrogens with zero attached hydrogens (tertiary/aromatic N) is 3. The monoisotopic (exact) mass is 334 g/mol. The number of hydrogen-bond acceptors (Lipinski definition) is 5. The lowest BCUT2D eigenvalue weighted by atomic mass is 10.1. The topological polar surface area (TPSA) is 44.4 Å². The van der Waals surface area contributed by atoms with Gasteiger partial charge in [-0.25, -0.2) is 0 Å². The molecule has 3 rings (SSSR count). The van der Waals surface area contributed by atoms with E-state index in [1.807, 2.05) is 23.7 Å². The fourth-order valence-corrected chi connectivity index (χ4v) is 3.96. The summed E-state index contributed by atoms with van der Waals surface area (Å²) in [5.74, 6) is 0. The lowest BCUT2D eigenvalue weighted by molar-refractivity contribution is 0.0101. The summed E-state index contributed by atoms with van der Waals surface area (Å²) in [6.07, 6.45) is 6.16. The number of ether oxygens (including phenoxy) is 1. The third-order valence-electron chi connectivity index (χ3n) is 4.40. The van der Waals surface area contributed by atoms with Gasteiger partial charge in [-0.2, -0.15) is 5.10 Å². The molecule has 0 saturated carbocycles. The maximum Gasteiger partial charge on any atom is 0.0594 e. The maximum absolute atomic E-state index is 5.52. The van der Waals surface area contributed by atoms with Crippen molar-refractivity contribution in [2.24, 2.45) is 0 Å². The summed E-state index contributed by atoms with van der Waals surface area (Å²) in [5, 5.41) is 9.07. The molecule has 0 spiro atoms. The first kappa shape index (κ1) is 16.6. The molecule has 1 fully saturated rings. The maximum atomic E-state index is 5.52. The van der Waals surface area contributed by atoms with E-state index in [1.54, 1.807) is 0 Å². The second-order valence-corrected chi connectivity index (χ2v) is 7.13. The largest absolute Gasteiger partial charge is 0.379 e. The Kier molecular flexibility index (Phi) is 6.21. The molecule has 0 aliphatic carbocycles. The molecular weight excluding hydrogens is 308 g/mol. The van der Waals surface area contributed by atoms with Crippen LogP contribution in [0.5, 0.6) is 0 Å². The number of aryl methyl sites for hydroxylation is 1. The van der Waals surface area contributed by atoms with Gasteiger partial charge < -0.3 is 9.64 Å². The van der Waals surface area contributed by atoms with E-state index in [0.29, 0.717) is 6.04 Å². The van der Waals surface area contributed by atoms with Crippen LogP contribution in [-0.4, -0.2) is 66.4 Å². The van der Waals surface area contributed by atoms with Gasteiger partial charge in [-0.05, 0) is 43.4 Å². The van der Waals surface area contributed by atoms with E-state index in [4.69, 9.17) is 4.74 Å². The molecule has 6 heteroatoms. The highest BCUT2D eigenvalue weighted by atomic mass is 32.1. The Labute approximate surface area is 142 Å². The fraction of sp³-hybridized carbons (Fsp3) is 0.588. The molecule has 126 valence electrons. The normalized spacial score (nSPS) is 17.7. The molecule has 23 heavy (non-hydrogen) atoms. The standard InChI is InChI=1S/C17H26N4OS/c1-20(6-2-4-15-12-18-19-13-15)14-16(17-5-3-11-23-17)21-7-9-22-10-8-21/h3,5,11-13,16H,2,4,6-10,14H2,1H3,(H,18,19). The van der Waals surface area contributed by atoms with Gasteiger partial charge in [-0.1, -0.05) is 6.07 Å². The second kappa shape index (κ2) is 8.59. The predicted molar refractivity (Wildman–Crippen MR) is 93.9 cm³/mol. The van der Waals surface area contributed by atoms with Crippen LogP contribution in [0.4, 0.5) is 0 Å². The van der Waals surface area contributed by atoms with Crippen LogP contribution in [0.3, 0.4) is 0 Å². The second-order valence-electron chi connectivity index (χ2n) is 6.15. The summed E-state index contributed by atoms with van der Waals surface area (Å²) in [7, 11) is 2.23. The van der Waals surface area contributed by atoms with Crippen molar-refractivity contribution >= 4 is 11.3 Å². The molecule has 5 nitrogen and oxygen atoms in total. The number of aromatic amines is 1. The number of aromatic nitrogens is 2. The third kappa shape index (κ3) is 4.88. The minimum atomic E-state index is 0.484. The van der Waals surface area contributed by atoms with Crippen molar-refractivity contribution in [3.8, 4) is 0 Å². The van der Waals surface area contributed by atoms with E-state index in [9.17, 15) is 0 Å². The van der Waals surface area contributed by atoms with Crippen LogP contribution in [0.15, 0.2) is 29.9 Å². The lowest BCUT2D eigenvalue weighted by Crippen LogP contribution is -2.43. The highest BCUT2D eigenvalue weighted by Crippen LogP contribution is 2.26. The molecule has 1 saturated heterocycles. The molecular formula is C17H26N4OS. The smallest absolute Gasteiger partial charge is 0.0594 e.